The molecule has 0 unspecified atom stereocenters. The zero-order chi connectivity index (χ0) is 13.1. The molecule has 5 heteroatoms. The highest BCUT2D eigenvalue weighted by atomic mass is 16.2. The average Bonchev–Trinajstić information content (AvgIpc) is 3.11. The second-order valence-electron chi connectivity index (χ2n) is 5.44. The molecule has 102 valence electrons. The molecular weight excluding hydrogens is 240 g/mol. The van der Waals surface area contributed by atoms with Gasteiger partial charge in [0.25, 0.3) is 0 Å². The van der Waals surface area contributed by atoms with Crippen LogP contribution in [0.2, 0.25) is 0 Å². The topological polar surface area (TPSA) is 61.9 Å². The standard InChI is InChI=1S/C14H20N4O/c19-13(9-11-5-1-2-6-11)18-8-4-3-7-12(18)14-15-10-16-17-14/h1,5,10-12H,2-4,6-9H2,(H,15,16,17)/t11-,12+/m0/s1. The molecule has 5 nitrogen and oxygen atoms in total. The first-order valence-corrected chi connectivity index (χ1v) is 7.16. The monoisotopic (exact) mass is 260 g/mol. The van der Waals surface area contributed by atoms with Crippen molar-refractivity contribution < 1.29 is 4.79 Å². The predicted octanol–water partition coefficient (Wildman–Crippen LogP) is 2.21. The molecular formula is C14H20N4O. The van der Waals surface area contributed by atoms with Gasteiger partial charge in [-0.3, -0.25) is 9.89 Å². The third kappa shape index (κ3) is 2.69. The Labute approximate surface area is 113 Å². The van der Waals surface area contributed by atoms with Crippen LogP contribution in [0.25, 0.3) is 0 Å². The van der Waals surface area contributed by atoms with Crippen LogP contribution in [0.5, 0.6) is 0 Å². The van der Waals surface area contributed by atoms with Gasteiger partial charge in [-0.05, 0) is 38.0 Å². The van der Waals surface area contributed by atoms with Crippen molar-refractivity contribution in [2.45, 2.75) is 44.6 Å². The van der Waals surface area contributed by atoms with E-state index in [2.05, 4.69) is 27.3 Å². The van der Waals surface area contributed by atoms with Gasteiger partial charge in [-0.2, -0.15) is 5.10 Å². The fraction of sp³-hybridized carbons (Fsp3) is 0.643. The lowest BCUT2D eigenvalue weighted by Crippen LogP contribution is -2.39. The van der Waals surface area contributed by atoms with E-state index in [1.54, 1.807) is 0 Å². The molecule has 2 heterocycles. The van der Waals surface area contributed by atoms with Crippen molar-refractivity contribution >= 4 is 5.91 Å². The van der Waals surface area contributed by atoms with Crippen LogP contribution in [0.4, 0.5) is 0 Å². The number of carbonyl (C=O) groups is 1. The van der Waals surface area contributed by atoms with Gasteiger partial charge in [0.05, 0.1) is 6.04 Å². The molecule has 1 saturated heterocycles. The van der Waals surface area contributed by atoms with Crippen LogP contribution in [0.3, 0.4) is 0 Å². The Morgan fingerprint density at radius 3 is 3.11 bits per heavy atom. The summed E-state index contributed by atoms with van der Waals surface area (Å²) in [6.45, 7) is 0.848. The molecule has 1 aromatic rings. The lowest BCUT2D eigenvalue weighted by molar-refractivity contribution is -0.136. The molecule has 0 spiro atoms. The maximum absolute atomic E-state index is 12.5. The van der Waals surface area contributed by atoms with Crippen LogP contribution >= 0.6 is 0 Å². The number of likely N-dealkylation sites (tertiary alicyclic amines) is 1. The number of carbonyl (C=O) groups excluding carboxylic acids is 1. The minimum atomic E-state index is 0.0918. The Bertz CT molecular complexity index is 454. The van der Waals surface area contributed by atoms with Gasteiger partial charge in [-0.1, -0.05) is 12.2 Å². The first-order valence-electron chi connectivity index (χ1n) is 7.16. The zero-order valence-corrected chi connectivity index (χ0v) is 11.1. The van der Waals surface area contributed by atoms with Gasteiger partial charge in [0.15, 0.2) is 0 Å². The molecule has 1 aromatic heterocycles. The summed E-state index contributed by atoms with van der Waals surface area (Å²) >= 11 is 0. The smallest absolute Gasteiger partial charge is 0.223 e. The number of hydrogen-bond acceptors (Lipinski definition) is 3. The van der Waals surface area contributed by atoms with Gasteiger partial charge >= 0.3 is 0 Å². The summed E-state index contributed by atoms with van der Waals surface area (Å²) in [6.07, 6.45) is 12.0. The van der Waals surface area contributed by atoms with Crippen LogP contribution in [0, 0.1) is 5.92 Å². The molecule has 1 N–H and O–H groups in total. The number of H-pyrrole nitrogens is 1. The fourth-order valence-electron chi connectivity index (χ4n) is 3.10. The van der Waals surface area contributed by atoms with E-state index in [1.165, 1.54) is 6.33 Å². The van der Waals surface area contributed by atoms with Gasteiger partial charge in [0.2, 0.25) is 5.91 Å². The molecule has 1 aliphatic carbocycles. The van der Waals surface area contributed by atoms with E-state index in [4.69, 9.17) is 0 Å². The highest BCUT2D eigenvalue weighted by Gasteiger charge is 2.30. The highest BCUT2D eigenvalue weighted by Crippen LogP contribution is 2.30. The number of allylic oxidation sites excluding steroid dienone is 2. The van der Waals surface area contributed by atoms with E-state index in [1.807, 2.05) is 4.90 Å². The second kappa shape index (κ2) is 5.55. The lowest BCUT2D eigenvalue weighted by atomic mass is 9.98. The molecule has 2 aliphatic rings. The molecule has 1 amide bonds. The van der Waals surface area contributed by atoms with Crippen LogP contribution in [0.15, 0.2) is 18.5 Å². The average molecular weight is 260 g/mol. The van der Waals surface area contributed by atoms with Gasteiger partial charge in [-0.25, -0.2) is 4.98 Å². The Kier molecular flexibility index (Phi) is 3.62. The molecule has 1 aliphatic heterocycles. The SMILES string of the molecule is O=C(C[C@H]1C=CCC1)N1CCCC[C@@H]1c1ncn[nH]1. The molecule has 0 radical (unpaired) electrons. The third-order valence-electron chi connectivity index (χ3n) is 4.12. The van der Waals surface area contributed by atoms with E-state index in [0.717, 1.165) is 44.5 Å². The van der Waals surface area contributed by atoms with E-state index < -0.39 is 0 Å². The Balaban J connectivity index is 1.69. The van der Waals surface area contributed by atoms with Gasteiger partial charge in [0, 0.05) is 13.0 Å². The third-order valence-corrected chi connectivity index (χ3v) is 4.12. The maximum atomic E-state index is 12.5. The van der Waals surface area contributed by atoms with Crippen molar-refractivity contribution in [3.63, 3.8) is 0 Å². The number of aromatic nitrogens is 3. The molecule has 0 bridgehead atoms. The summed E-state index contributed by atoms with van der Waals surface area (Å²) in [5, 5.41) is 6.83. The Morgan fingerprint density at radius 1 is 1.42 bits per heavy atom. The van der Waals surface area contributed by atoms with Gasteiger partial charge in [-0.15, -0.1) is 0 Å². The van der Waals surface area contributed by atoms with E-state index in [9.17, 15) is 4.79 Å². The first kappa shape index (κ1) is 12.4. The molecule has 19 heavy (non-hydrogen) atoms. The van der Waals surface area contributed by atoms with Crippen LogP contribution < -0.4 is 0 Å². The van der Waals surface area contributed by atoms with Crippen LogP contribution in [-0.4, -0.2) is 32.5 Å². The van der Waals surface area contributed by atoms with Crippen LogP contribution in [0.1, 0.15) is 50.4 Å². The number of piperidine rings is 1. The number of aromatic amines is 1. The highest BCUT2D eigenvalue weighted by molar-refractivity contribution is 5.77. The summed E-state index contributed by atoms with van der Waals surface area (Å²) in [5.41, 5.74) is 0. The lowest BCUT2D eigenvalue weighted by Gasteiger charge is -2.35. The van der Waals surface area contributed by atoms with Gasteiger partial charge < -0.3 is 4.90 Å². The molecule has 0 saturated carbocycles. The summed E-state index contributed by atoms with van der Waals surface area (Å²) in [5.74, 6) is 1.53. The quantitative estimate of drug-likeness (QED) is 0.848. The Hall–Kier alpha value is -1.65. The van der Waals surface area contributed by atoms with Crippen molar-refractivity contribution in [1.29, 1.82) is 0 Å². The maximum Gasteiger partial charge on any atom is 0.223 e. The minimum Gasteiger partial charge on any atom is -0.332 e. The van der Waals surface area contributed by atoms with Crippen molar-refractivity contribution in [2.24, 2.45) is 5.92 Å². The number of nitrogens with zero attached hydrogens (tertiary/aromatic N) is 3. The predicted molar refractivity (Wildman–Crippen MR) is 71.2 cm³/mol. The number of rotatable bonds is 3. The number of hydrogen-bond donors (Lipinski definition) is 1. The number of amides is 1. The van der Waals surface area contributed by atoms with E-state index >= 15 is 0 Å². The van der Waals surface area contributed by atoms with E-state index in [0.29, 0.717) is 12.3 Å². The summed E-state index contributed by atoms with van der Waals surface area (Å²) in [6, 6.07) is 0.0918. The largest absolute Gasteiger partial charge is 0.332 e. The number of nitrogens with one attached hydrogen (secondary N) is 1. The van der Waals surface area contributed by atoms with Crippen molar-refractivity contribution in [2.75, 3.05) is 6.54 Å². The summed E-state index contributed by atoms with van der Waals surface area (Å²) < 4.78 is 0. The second-order valence-corrected chi connectivity index (χ2v) is 5.44. The van der Waals surface area contributed by atoms with Crippen molar-refractivity contribution in [1.82, 2.24) is 20.1 Å². The van der Waals surface area contributed by atoms with Crippen molar-refractivity contribution in [3.8, 4) is 0 Å². The Morgan fingerprint density at radius 2 is 2.37 bits per heavy atom. The fourth-order valence-corrected chi connectivity index (χ4v) is 3.10. The van der Waals surface area contributed by atoms with Crippen LogP contribution in [-0.2, 0) is 4.79 Å². The van der Waals surface area contributed by atoms with Gasteiger partial charge in [0.1, 0.15) is 12.2 Å². The van der Waals surface area contributed by atoms with E-state index in [-0.39, 0.29) is 11.9 Å². The van der Waals surface area contributed by atoms with Crippen molar-refractivity contribution in [3.05, 3.63) is 24.3 Å². The molecule has 0 aromatic carbocycles. The summed E-state index contributed by atoms with van der Waals surface area (Å²) in [7, 11) is 0. The molecule has 2 atom stereocenters. The normalized spacial score (nSPS) is 26.8. The zero-order valence-electron chi connectivity index (χ0n) is 11.1. The first-order chi connectivity index (χ1) is 9.34. The molecule has 3 rings (SSSR count). The summed E-state index contributed by atoms with van der Waals surface area (Å²) in [4.78, 5) is 18.7. The molecule has 1 fully saturated rings. The minimum absolute atomic E-state index is 0.0918.